The van der Waals surface area contributed by atoms with Crippen LogP contribution in [0, 0.1) is 5.41 Å². The molecule has 1 fully saturated rings. The van der Waals surface area contributed by atoms with Gasteiger partial charge in [-0.25, -0.2) is 9.00 Å². The molecule has 6 heteroatoms. The third kappa shape index (κ3) is 3.67. The summed E-state index contributed by atoms with van der Waals surface area (Å²) in [5.41, 5.74) is -0.810. The molecule has 1 heterocycles. The van der Waals surface area contributed by atoms with E-state index in [1.807, 2.05) is 20.8 Å². The molecule has 1 rings (SSSR count). The second-order valence-corrected chi connectivity index (χ2v) is 7.25. The molecule has 0 aromatic carbocycles. The number of rotatable bonds is 0. The van der Waals surface area contributed by atoms with Gasteiger partial charge in [0.05, 0.1) is 12.6 Å². The number of carbonyl (C=O) groups is 1. The predicted molar refractivity (Wildman–Crippen MR) is 65.4 cm³/mol. The first-order chi connectivity index (χ1) is 7.52. The lowest BCUT2D eigenvalue weighted by Gasteiger charge is -2.32. The van der Waals surface area contributed by atoms with Gasteiger partial charge in [0.2, 0.25) is 0 Å². The van der Waals surface area contributed by atoms with Crippen LogP contribution >= 0.6 is 0 Å². The molecule has 2 atom stereocenters. The maximum absolute atomic E-state index is 12.0. The Morgan fingerprint density at radius 2 is 1.82 bits per heavy atom. The molecular weight excluding hydrogens is 242 g/mol. The van der Waals surface area contributed by atoms with E-state index in [1.54, 1.807) is 20.8 Å². The summed E-state index contributed by atoms with van der Waals surface area (Å²) in [5.74, 6) is 0. The van der Waals surface area contributed by atoms with Crippen molar-refractivity contribution in [2.24, 2.45) is 5.41 Å². The number of nitrogens with zero attached hydrogens (tertiary/aromatic N) is 1. The highest BCUT2D eigenvalue weighted by Crippen LogP contribution is 2.31. The summed E-state index contributed by atoms with van der Waals surface area (Å²) in [7, 11) is 0. The highest BCUT2D eigenvalue weighted by atomic mass is 32.2. The minimum absolute atomic E-state index is 0.205. The first-order valence-electron chi connectivity index (χ1n) is 5.60. The standard InChI is InChI=1S/C11H21NO4S/c1-10(2,3)8-7-15-17(14)12(8)9(13)16-11(4,5)6/h8H,7H2,1-6H3/t8-,17?/m0/s1. The maximum Gasteiger partial charge on any atom is 0.424 e. The minimum Gasteiger partial charge on any atom is -0.443 e. The molecule has 0 N–H and O–H groups in total. The van der Waals surface area contributed by atoms with Gasteiger partial charge < -0.3 is 4.74 Å². The summed E-state index contributed by atoms with van der Waals surface area (Å²) in [5, 5.41) is 0. The molecule has 0 aromatic heterocycles. The SMILES string of the molecule is CC(C)(C)OC(=O)N1[C@H](C(C)(C)C)COS1=O. The molecule has 0 radical (unpaired) electrons. The smallest absolute Gasteiger partial charge is 0.424 e. The van der Waals surface area contributed by atoms with E-state index in [9.17, 15) is 9.00 Å². The van der Waals surface area contributed by atoms with Crippen LogP contribution in [-0.4, -0.2) is 32.9 Å². The zero-order valence-corrected chi connectivity index (χ0v) is 12.1. The average molecular weight is 263 g/mol. The summed E-state index contributed by atoms with van der Waals surface area (Å²) in [4.78, 5) is 12.0. The molecule has 1 saturated heterocycles. The number of ether oxygens (including phenoxy) is 1. The van der Waals surface area contributed by atoms with Gasteiger partial charge in [-0.05, 0) is 26.2 Å². The van der Waals surface area contributed by atoms with Gasteiger partial charge in [0.25, 0.3) is 11.3 Å². The van der Waals surface area contributed by atoms with E-state index in [1.165, 1.54) is 4.31 Å². The van der Waals surface area contributed by atoms with Crippen molar-refractivity contribution in [3.8, 4) is 0 Å². The molecule has 5 nitrogen and oxygen atoms in total. The second kappa shape index (κ2) is 4.57. The summed E-state index contributed by atoms with van der Waals surface area (Å²) in [6.07, 6.45) is -0.590. The summed E-state index contributed by atoms with van der Waals surface area (Å²) >= 11 is -1.74. The van der Waals surface area contributed by atoms with Crippen molar-refractivity contribution in [2.75, 3.05) is 6.61 Å². The summed E-state index contributed by atoms with van der Waals surface area (Å²) in [6, 6.07) is -0.238. The number of amides is 1. The Labute approximate surface area is 105 Å². The highest BCUT2D eigenvalue weighted by molar-refractivity contribution is 7.78. The van der Waals surface area contributed by atoms with E-state index in [4.69, 9.17) is 8.92 Å². The van der Waals surface area contributed by atoms with E-state index >= 15 is 0 Å². The van der Waals surface area contributed by atoms with Crippen molar-refractivity contribution in [3.63, 3.8) is 0 Å². The van der Waals surface area contributed by atoms with E-state index in [-0.39, 0.29) is 18.1 Å². The first kappa shape index (κ1) is 14.4. The second-order valence-electron chi connectivity index (χ2n) is 6.19. The molecule has 1 aliphatic heterocycles. The van der Waals surface area contributed by atoms with Crippen LogP contribution < -0.4 is 0 Å². The Morgan fingerprint density at radius 1 is 1.29 bits per heavy atom. The van der Waals surface area contributed by atoms with Gasteiger partial charge in [0, 0.05) is 0 Å². The topological polar surface area (TPSA) is 55.8 Å². The Kier molecular flexibility index (Phi) is 3.88. The molecule has 100 valence electrons. The average Bonchev–Trinajstić information content (AvgIpc) is 2.42. The lowest BCUT2D eigenvalue weighted by atomic mass is 9.87. The van der Waals surface area contributed by atoms with Crippen molar-refractivity contribution >= 4 is 17.4 Å². The molecule has 0 spiro atoms. The molecule has 1 amide bonds. The molecule has 0 bridgehead atoms. The largest absolute Gasteiger partial charge is 0.443 e. The molecule has 1 aliphatic rings. The monoisotopic (exact) mass is 263 g/mol. The zero-order chi connectivity index (χ0) is 13.4. The Hall–Kier alpha value is -0.620. The quantitative estimate of drug-likeness (QED) is 0.672. The minimum atomic E-state index is -1.74. The first-order valence-corrected chi connectivity index (χ1v) is 6.63. The van der Waals surface area contributed by atoms with Crippen LogP contribution in [0.3, 0.4) is 0 Å². The maximum atomic E-state index is 12.0. The molecular formula is C11H21NO4S. The number of carbonyl (C=O) groups excluding carboxylic acids is 1. The zero-order valence-electron chi connectivity index (χ0n) is 11.3. The van der Waals surface area contributed by atoms with Gasteiger partial charge in [0.15, 0.2) is 0 Å². The Balaban J connectivity index is 2.86. The van der Waals surface area contributed by atoms with Crippen LogP contribution in [0.4, 0.5) is 4.79 Å². The fourth-order valence-corrected chi connectivity index (χ4v) is 2.55. The van der Waals surface area contributed by atoms with Gasteiger partial charge >= 0.3 is 6.09 Å². The molecule has 0 saturated carbocycles. The van der Waals surface area contributed by atoms with Crippen molar-refractivity contribution in [1.29, 1.82) is 0 Å². The fraction of sp³-hybridized carbons (Fsp3) is 0.909. The highest BCUT2D eigenvalue weighted by Gasteiger charge is 2.45. The van der Waals surface area contributed by atoms with Crippen molar-refractivity contribution in [1.82, 2.24) is 4.31 Å². The van der Waals surface area contributed by atoms with Crippen LogP contribution in [0.2, 0.25) is 0 Å². The van der Waals surface area contributed by atoms with Crippen LogP contribution in [0.25, 0.3) is 0 Å². The molecule has 0 aliphatic carbocycles. The third-order valence-corrected chi connectivity index (χ3v) is 3.41. The summed E-state index contributed by atoms with van der Waals surface area (Å²) < 4.78 is 23.1. The normalized spacial score (nSPS) is 26.1. The van der Waals surface area contributed by atoms with Gasteiger partial charge in [-0.15, -0.1) is 0 Å². The lowest BCUT2D eigenvalue weighted by molar-refractivity contribution is 0.0285. The lowest BCUT2D eigenvalue weighted by Crippen LogP contribution is -2.46. The van der Waals surface area contributed by atoms with E-state index < -0.39 is 23.0 Å². The third-order valence-electron chi connectivity index (χ3n) is 2.34. The van der Waals surface area contributed by atoms with Crippen LogP contribution in [0.1, 0.15) is 41.5 Å². The number of hydrogen-bond acceptors (Lipinski definition) is 4. The van der Waals surface area contributed by atoms with Crippen LogP contribution in [-0.2, 0) is 20.2 Å². The van der Waals surface area contributed by atoms with Gasteiger partial charge in [-0.1, -0.05) is 20.8 Å². The van der Waals surface area contributed by atoms with E-state index in [0.29, 0.717) is 0 Å². The van der Waals surface area contributed by atoms with Gasteiger partial charge in [0.1, 0.15) is 5.60 Å². The van der Waals surface area contributed by atoms with Crippen LogP contribution in [0.15, 0.2) is 0 Å². The van der Waals surface area contributed by atoms with Crippen molar-refractivity contribution in [2.45, 2.75) is 53.2 Å². The van der Waals surface area contributed by atoms with Crippen LogP contribution in [0.5, 0.6) is 0 Å². The Morgan fingerprint density at radius 3 is 2.24 bits per heavy atom. The van der Waals surface area contributed by atoms with Gasteiger partial charge in [-0.3, -0.25) is 4.18 Å². The van der Waals surface area contributed by atoms with Crippen molar-refractivity contribution < 1.29 is 17.9 Å². The van der Waals surface area contributed by atoms with E-state index in [2.05, 4.69) is 0 Å². The predicted octanol–water partition coefficient (Wildman–Crippen LogP) is 2.25. The number of hydrogen-bond donors (Lipinski definition) is 0. The van der Waals surface area contributed by atoms with E-state index in [0.717, 1.165) is 0 Å². The molecule has 17 heavy (non-hydrogen) atoms. The fourth-order valence-electron chi connectivity index (χ4n) is 1.45. The molecule has 1 unspecified atom stereocenters. The summed E-state index contributed by atoms with van der Waals surface area (Å²) in [6.45, 7) is 11.5. The van der Waals surface area contributed by atoms with Gasteiger partial charge in [-0.2, -0.15) is 4.31 Å². The van der Waals surface area contributed by atoms with Crippen molar-refractivity contribution in [3.05, 3.63) is 0 Å². The molecule has 0 aromatic rings. The Bertz CT molecular complexity index is 329.